The summed E-state index contributed by atoms with van der Waals surface area (Å²) in [6, 6.07) is 5.45. The first-order valence-corrected chi connectivity index (χ1v) is 12.9. The number of hydrogen-bond acceptors (Lipinski definition) is 3. The maximum absolute atomic E-state index is 13.4. The van der Waals surface area contributed by atoms with Gasteiger partial charge in [0.25, 0.3) is 5.92 Å². The second kappa shape index (κ2) is 8.61. The van der Waals surface area contributed by atoms with Crippen molar-refractivity contribution in [3.63, 3.8) is 0 Å². The van der Waals surface area contributed by atoms with Gasteiger partial charge >= 0.3 is 0 Å². The predicted octanol–water partition coefficient (Wildman–Crippen LogP) is 4.83. The van der Waals surface area contributed by atoms with E-state index >= 15 is 0 Å². The van der Waals surface area contributed by atoms with Gasteiger partial charge in [-0.05, 0) is 42.5 Å². The minimum Gasteiger partial charge on any atom is -0.357 e. The molecule has 0 aliphatic carbocycles. The van der Waals surface area contributed by atoms with Crippen LogP contribution in [-0.2, 0) is 16.4 Å². The van der Waals surface area contributed by atoms with Crippen LogP contribution in [0.4, 0.5) is 8.78 Å². The second-order valence-corrected chi connectivity index (χ2v) is 11.7. The Bertz CT molecular complexity index is 1040. The molecule has 0 saturated carbocycles. The van der Waals surface area contributed by atoms with Gasteiger partial charge in [0, 0.05) is 60.6 Å². The molecule has 1 aromatic heterocycles. The number of rotatable bonds is 6. The summed E-state index contributed by atoms with van der Waals surface area (Å²) in [5.74, 6) is -2.36. The van der Waals surface area contributed by atoms with Crippen molar-refractivity contribution in [2.75, 3.05) is 31.9 Å². The molecule has 0 bridgehead atoms. The minimum absolute atomic E-state index is 0.0471. The summed E-state index contributed by atoms with van der Waals surface area (Å²) in [5, 5.41) is 1.72. The van der Waals surface area contributed by atoms with Crippen LogP contribution in [0.2, 0.25) is 5.02 Å². The highest BCUT2D eigenvalue weighted by Gasteiger charge is 2.39. The fraction of sp³-hybridized carbons (Fsp3) is 0.636. The molecule has 3 heterocycles. The molecule has 1 saturated heterocycles. The van der Waals surface area contributed by atoms with Crippen LogP contribution in [-0.4, -0.2) is 60.5 Å². The third-order valence-electron chi connectivity index (χ3n) is 6.47. The normalized spacial score (nSPS) is 22.8. The largest absolute Gasteiger partial charge is 0.357 e. The van der Waals surface area contributed by atoms with Gasteiger partial charge in [-0.2, -0.15) is 4.31 Å². The van der Waals surface area contributed by atoms with Gasteiger partial charge in [-0.25, -0.2) is 17.2 Å². The number of nitrogens with one attached hydrogen (secondary N) is 1. The second-order valence-electron chi connectivity index (χ2n) is 9.23. The molecule has 1 unspecified atom stereocenters. The molecular weight excluding hydrogens is 444 g/mol. The smallest absolute Gasteiger partial charge is 0.250 e. The summed E-state index contributed by atoms with van der Waals surface area (Å²) in [6.45, 7) is 5.37. The number of halogens is 3. The van der Waals surface area contributed by atoms with E-state index in [1.54, 1.807) is 4.31 Å². The van der Waals surface area contributed by atoms with Crippen molar-refractivity contribution < 1.29 is 17.2 Å². The predicted molar refractivity (Wildman–Crippen MR) is 120 cm³/mol. The summed E-state index contributed by atoms with van der Waals surface area (Å²) in [7, 11) is -3.54. The molecule has 4 rings (SSSR count). The van der Waals surface area contributed by atoms with Crippen LogP contribution in [0.1, 0.15) is 50.4 Å². The van der Waals surface area contributed by atoms with E-state index < -0.39 is 15.9 Å². The van der Waals surface area contributed by atoms with Crippen LogP contribution in [0.15, 0.2) is 18.2 Å². The summed E-state index contributed by atoms with van der Waals surface area (Å²) < 4.78 is 55.1. The molecule has 1 fully saturated rings. The number of fused-ring (bicyclic) bond motifs is 3. The van der Waals surface area contributed by atoms with Crippen LogP contribution in [0.3, 0.4) is 0 Å². The first-order chi connectivity index (χ1) is 14.6. The molecule has 2 aliphatic heterocycles. The van der Waals surface area contributed by atoms with Crippen molar-refractivity contribution in [1.29, 1.82) is 0 Å². The van der Waals surface area contributed by atoms with Gasteiger partial charge in [0.05, 0.1) is 11.8 Å². The highest BCUT2D eigenvalue weighted by atomic mass is 35.5. The van der Waals surface area contributed by atoms with E-state index in [9.17, 15) is 17.2 Å². The Labute approximate surface area is 187 Å². The SMILES string of the molecule is CC(C)CC1c2[nH]c3ccc(Cl)cc3c2CCN1S(=O)(=O)CCN1CCC(F)(F)CC1. The number of nitrogens with zero attached hydrogens (tertiary/aromatic N) is 2. The molecule has 172 valence electrons. The molecule has 5 nitrogen and oxygen atoms in total. The van der Waals surface area contributed by atoms with Crippen LogP contribution in [0.5, 0.6) is 0 Å². The molecule has 2 aliphatic rings. The maximum Gasteiger partial charge on any atom is 0.250 e. The van der Waals surface area contributed by atoms with Crippen molar-refractivity contribution in [3.8, 4) is 0 Å². The molecule has 0 radical (unpaired) electrons. The van der Waals surface area contributed by atoms with E-state index in [4.69, 9.17) is 11.6 Å². The lowest BCUT2D eigenvalue weighted by atomic mass is 9.93. The summed E-state index contributed by atoms with van der Waals surface area (Å²) in [6.07, 6.45) is 0.934. The van der Waals surface area contributed by atoms with E-state index in [0.29, 0.717) is 36.9 Å². The van der Waals surface area contributed by atoms with Crippen molar-refractivity contribution in [3.05, 3.63) is 34.5 Å². The monoisotopic (exact) mass is 473 g/mol. The lowest BCUT2D eigenvalue weighted by Gasteiger charge is -2.37. The van der Waals surface area contributed by atoms with Gasteiger partial charge < -0.3 is 9.88 Å². The molecule has 0 spiro atoms. The van der Waals surface area contributed by atoms with E-state index in [1.807, 2.05) is 23.1 Å². The standard InChI is InChI=1S/C22H30ClF2N3O2S/c1-15(2)13-20-21-17(18-14-16(23)3-4-19(18)26-21)5-8-28(20)31(29,30)12-11-27-9-6-22(24,25)7-10-27/h3-4,14-15,20,26H,5-13H2,1-2H3. The average molecular weight is 474 g/mol. The number of alkyl halides is 2. The van der Waals surface area contributed by atoms with Crippen molar-refractivity contribution >= 4 is 32.5 Å². The lowest BCUT2D eigenvalue weighted by Crippen LogP contribution is -2.45. The van der Waals surface area contributed by atoms with Crippen LogP contribution < -0.4 is 0 Å². The van der Waals surface area contributed by atoms with Crippen LogP contribution >= 0.6 is 11.6 Å². The summed E-state index contributed by atoms with van der Waals surface area (Å²) >= 11 is 6.20. The Kier molecular flexibility index (Phi) is 6.38. The Morgan fingerprint density at radius 1 is 1.23 bits per heavy atom. The lowest BCUT2D eigenvalue weighted by molar-refractivity contribution is -0.0539. The average Bonchev–Trinajstić information content (AvgIpc) is 3.05. The topological polar surface area (TPSA) is 56.4 Å². The third-order valence-corrected chi connectivity index (χ3v) is 8.55. The molecule has 2 aromatic rings. The Hall–Kier alpha value is -1.22. The molecular formula is C22H30ClF2N3O2S. The molecule has 31 heavy (non-hydrogen) atoms. The number of likely N-dealkylation sites (tertiary alicyclic amines) is 1. The quantitative estimate of drug-likeness (QED) is 0.654. The molecule has 1 aromatic carbocycles. The van der Waals surface area contributed by atoms with E-state index in [1.165, 1.54) is 0 Å². The zero-order chi connectivity index (χ0) is 22.4. The van der Waals surface area contributed by atoms with E-state index in [-0.39, 0.29) is 37.7 Å². The number of piperidine rings is 1. The number of H-pyrrole nitrogens is 1. The summed E-state index contributed by atoms with van der Waals surface area (Å²) in [5.41, 5.74) is 3.07. The fourth-order valence-electron chi connectivity index (χ4n) is 4.80. The molecule has 0 amide bonds. The van der Waals surface area contributed by atoms with Crippen molar-refractivity contribution in [2.45, 2.75) is 51.5 Å². The molecule has 1 N–H and O–H groups in total. The minimum atomic E-state index is -3.54. The first kappa shape index (κ1) is 23.0. The third kappa shape index (κ3) is 4.92. The van der Waals surface area contributed by atoms with Gasteiger partial charge in [-0.1, -0.05) is 25.4 Å². The molecule has 9 heteroatoms. The Morgan fingerprint density at radius 2 is 1.94 bits per heavy atom. The van der Waals surface area contributed by atoms with Gasteiger partial charge in [0.2, 0.25) is 10.0 Å². The summed E-state index contributed by atoms with van der Waals surface area (Å²) in [4.78, 5) is 5.30. The number of hydrogen-bond donors (Lipinski definition) is 1. The molecule has 1 atom stereocenters. The van der Waals surface area contributed by atoms with Gasteiger partial charge in [-0.15, -0.1) is 0 Å². The highest BCUT2D eigenvalue weighted by molar-refractivity contribution is 7.89. The van der Waals surface area contributed by atoms with Crippen LogP contribution in [0.25, 0.3) is 10.9 Å². The number of sulfonamides is 1. The fourth-order valence-corrected chi connectivity index (χ4v) is 6.64. The Morgan fingerprint density at radius 3 is 2.61 bits per heavy atom. The first-order valence-electron chi connectivity index (χ1n) is 11.0. The van der Waals surface area contributed by atoms with Crippen molar-refractivity contribution in [2.24, 2.45) is 5.92 Å². The van der Waals surface area contributed by atoms with E-state index in [2.05, 4.69) is 18.8 Å². The van der Waals surface area contributed by atoms with Gasteiger partial charge in [0.15, 0.2) is 0 Å². The van der Waals surface area contributed by atoms with E-state index in [0.717, 1.165) is 22.2 Å². The zero-order valence-electron chi connectivity index (χ0n) is 18.0. The van der Waals surface area contributed by atoms with Crippen LogP contribution in [0, 0.1) is 5.92 Å². The number of aromatic amines is 1. The van der Waals surface area contributed by atoms with Gasteiger partial charge in [0.1, 0.15) is 0 Å². The van der Waals surface area contributed by atoms with Gasteiger partial charge in [-0.3, -0.25) is 0 Å². The number of aromatic nitrogens is 1. The Balaban J connectivity index is 1.56. The maximum atomic E-state index is 13.4. The zero-order valence-corrected chi connectivity index (χ0v) is 19.6. The highest BCUT2D eigenvalue weighted by Crippen LogP contribution is 2.40. The van der Waals surface area contributed by atoms with Crippen molar-refractivity contribution in [1.82, 2.24) is 14.2 Å². The number of benzene rings is 1.